The number of fused-ring (bicyclic) bond motifs is 1. The van der Waals surface area contributed by atoms with Crippen molar-refractivity contribution in [3.63, 3.8) is 0 Å². The molecule has 0 spiro atoms. The molecule has 0 saturated carbocycles. The van der Waals surface area contributed by atoms with Crippen LogP contribution in [0, 0.1) is 0 Å². The molecular weight excluding hydrogens is 247 g/mol. The molecule has 1 aliphatic rings. The van der Waals surface area contributed by atoms with Crippen molar-refractivity contribution in [2.45, 2.75) is 25.2 Å². The summed E-state index contributed by atoms with van der Waals surface area (Å²) in [7, 11) is 0. The van der Waals surface area contributed by atoms with Gasteiger partial charge in [-0.25, -0.2) is 0 Å². The maximum Gasteiger partial charge on any atom is 0.411 e. The molecule has 2 rings (SSSR count). The van der Waals surface area contributed by atoms with Crippen molar-refractivity contribution in [2.24, 2.45) is 5.73 Å². The topological polar surface area (TPSA) is 44.5 Å². The van der Waals surface area contributed by atoms with Gasteiger partial charge >= 0.3 is 6.18 Å². The van der Waals surface area contributed by atoms with E-state index in [9.17, 15) is 13.2 Å². The van der Waals surface area contributed by atoms with Gasteiger partial charge in [0.05, 0.1) is 6.61 Å². The largest absolute Gasteiger partial charge is 0.492 e. The maximum absolute atomic E-state index is 11.9. The van der Waals surface area contributed by atoms with Gasteiger partial charge in [-0.3, -0.25) is 0 Å². The fourth-order valence-electron chi connectivity index (χ4n) is 1.85. The van der Waals surface area contributed by atoms with Gasteiger partial charge in [-0.1, -0.05) is 6.07 Å². The second-order valence-corrected chi connectivity index (χ2v) is 4.33. The highest BCUT2D eigenvalue weighted by Crippen LogP contribution is 2.25. The van der Waals surface area contributed by atoms with Crippen LogP contribution in [-0.2, 0) is 17.8 Å². The fraction of sp³-hybridized carbons (Fsp3) is 0.500. The SMILES string of the molecule is NC1COc2ccc(COCC(F)(F)F)cc2C1. The van der Waals surface area contributed by atoms with Crippen molar-refractivity contribution in [1.29, 1.82) is 0 Å². The van der Waals surface area contributed by atoms with Crippen LogP contribution in [0.25, 0.3) is 0 Å². The minimum absolute atomic E-state index is 0.0659. The first-order chi connectivity index (χ1) is 8.44. The summed E-state index contributed by atoms with van der Waals surface area (Å²) in [6.07, 6.45) is -3.62. The van der Waals surface area contributed by atoms with Crippen molar-refractivity contribution in [3.05, 3.63) is 29.3 Å². The number of halogens is 3. The van der Waals surface area contributed by atoms with Crippen LogP contribution in [0.4, 0.5) is 13.2 Å². The zero-order chi connectivity index (χ0) is 13.2. The summed E-state index contributed by atoms with van der Waals surface area (Å²) < 4.78 is 45.8. The Labute approximate surface area is 103 Å². The van der Waals surface area contributed by atoms with Crippen LogP contribution in [0.1, 0.15) is 11.1 Å². The summed E-state index contributed by atoms with van der Waals surface area (Å²) in [5.74, 6) is 0.747. The predicted molar refractivity (Wildman–Crippen MR) is 59.3 cm³/mol. The molecule has 0 aliphatic carbocycles. The van der Waals surface area contributed by atoms with Crippen molar-refractivity contribution in [3.8, 4) is 5.75 Å². The number of rotatable bonds is 3. The lowest BCUT2D eigenvalue weighted by atomic mass is 10.0. The van der Waals surface area contributed by atoms with Crippen LogP contribution < -0.4 is 10.5 Å². The minimum Gasteiger partial charge on any atom is -0.492 e. The Bertz CT molecular complexity index is 420. The molecule has 1 atom stereocenters. The first-order valence-electron chi connectivity index (χ1n) is 5.59. The Morgan fingerprint density at radius 2 is 2.17 bits per heavy atom. The van der Waals surface area contributed by atoms with Crippen molar-refractivity contribution in [1.82, 2.24) is 0 Å². The first-order valence-corrected chi connectivity index (χ1v) is 5.59. The van der Waals surface area contributed by atoms with E-state index in [0.29, 0.717) is 18.6 Å². The van der Waals surface area contributed by atoms with Crippen molar-refractivity contribution in [2.75, 3.05) is 13.2 Å². The third kappa shape index (κ3) is 3.61. The molecule has 100 valence electrons. The van der Waals surface area contributed by atoms with Crippen LogP contribution in [-0.4, -0.2) is 25.4 Å². The molecular formula is C12H14F3NO2. The third-order valence-electron chi connectivity index (χ3n) is 2.59. The summed E-state index contributed by atoms with van der Waals surface area (Å²) in [5, 5.41) is 0. The highest BCUT2D eigenvalue weighted by atomic mass is 19.4. The van der Waals surface area contributed by atoms with E-state index in [4.69, 9.17) is 10.5 Å². The summed E-state index contributed by atoms with van der Waals surface area (Å²) in [4.78, 5) is 0. The normalized spacial score (nSPS) is 19.2. The van der Waals surface area contributed by atoms with Crippen molar-refractivity contribution < 1.29 is 22.6 Å². The molecule has 3 nitrogen and oxygen atoms in total. The summed E-state index contributed by atoms with van der Waals surface area (Å²) in [6, 6.07) is 5.16. The van der Waals surface area contributed by atoms with E-state index in [-0.39, 0.29) is 12.6 Å². The Morgan fingerprint density at radius 1 is 1.39 bits per heavy atom. The van der Waals surface area contributed by atoms with Crippen LogP contribution in [0.2, 0.25) is 0 Å². The van der Waals surface area contributed by atoms with Gasteiger partial charge in [-0.05, 0) is 29.7 Å². The summed E-state index contributed by atoms with van der Waals surface area (Å²) in [5.41, 5.74) is 7.36. The zero-order valence-electron chi connectivity index (χ0n) is 9.67. The van der Waals surface area contributed by atoms with E-state index in [0.717, 1.165) is 11.3 Å². The molecule has 0 fully saturated rings. The molecule has 0 bridgehead atoms. The molecule has 2 N–H and O–H groups in total. The number of ether oxygens (including phenoxy) is 2. The lowest BCUT2D eigenvalue weighted by molar-refractivity contribution is -0.176. The van der Waals surface area contributed by atoms with E-state index in [1.807, 2.05) is 0 Å². The van der Waals surface area contributed by atoms with Crippen LogP contribution >= 0.6 is 0 Å². The Balaban J connectivity index is 1.96. The molecule has 0 aromatic heterocycles. The van der Waals surface area contributed by atoms with Crippen molar-refractivity contribution >= 4 is 0 Å². The average Bonchev–Trinajstić information content (AvgIpc) is 2.26. The van der Waals surface area contributed by atoms with Gasteiger partial charge in [0.15, 0.2) is 0 Å². The first kappa shape index (κ1) is 13.2. The van der Waals surface area contributed by atoms with Gasteiger partial charge in [0.1, 0.15) is 19.0 Å². The predicted octanol–water partition coefficient (Wildman–Crippen LogP) is 2.03. The van der Waals surface area contributed by atoms with E-state index in [2.05, 4.69) is 4.74 Å². The monoisotopic (exact) mass is 261 g/mol. The Hall–Kier alpha value is -1.27. The standard InChI is InChI=1S/C12H14F3NO2/c13-12(14,15)7-17-5-8-1-2-11-9(3-8)4-10(16)6-18-11/h1-3,10H,4-7,16H2. The molecule has 0 saturated heterocycles. The van der Waals surface area contributed by atoms with E-state index >= 15 is 0 Å². The molecule has 1 aliphatic heterocycles. The number of hydrogen-bond donors (Lipinski definition) is 1. The second-order valence-electron chi connectivity index (χ2n) is 4.33. The fourth-order valence-corrected chi connectivity index (χ4v) is 1.85. The third-order valence-corrected chi connectivity index (χ3v) is 2.59. The minimum atomic E-state index is -4.29. The van der Waals surface area contributed by atoms with Gasteiger partial charge in [-0.15, -0.1) is 0 Å². The van der Waals surface area contributed by atoms with E-state index in [1.165, 1.54) is 0 Å². The lowest BCUT2D eigenvalue weighted by Crippen LogP contribution is -2.33. The van der Waals surface area contributed by atoms with Crippen LogP contribution in [0.5, 0.6) is 5.75 Å². The lowest BCUT2D eigenvalue weighted by Gasteiger charge is -2.22. The van der Waals surface area contributed by atoms with E-state index in [1.54, 1.807) is 18.2 Å². The van der Waals surface area contributed by atoms with Gasteiger partial charge in [0, 0.05) is 6.04 Å². The number of hydrogen-bond acceptors (Lipinski definition) is 3. The molecule has 6 heteroatoms. The zero-order valence-corrected chi connectivity index (χ0v) is 9.67. The molecule has 0 radical (unpaired) electrons. The summed E-state index contributed by atoms with van der Waals surface area (Å²) in [6.45, 7) is -0.834. The molecule has 1 aromatic carbocycles. The number of nitrogens with two attached hydrogens (primary N) is 1. The Kier molecular flexibility index (Phi) is 3.77. The summed E-state index contributed by atoms with van der Waals surface area (Å²) >= 11 is 0. The second kappa shape index (κ2) is 5.16. The van der Waals surface area contributed by atoms with Crippen LogP contribution in [0.15, 0.2) is 18.2 Å². The van der Waals surface area contributed by atoms with Gasteiger partial charge in [0.25, 0.3) is 0 Å². The molecule has 0 amide bonds. The molecule has 1 heterocycles. The Morgan fingerprint density at radius 3 is 2.89 bits per heavy atom. The van der Waals surface area contributed by atoms with Gasteiger partial charge < -0.3 is 15.2 Å². The van der Waals surface area contributed by atoms with E-state index < -0.39 is 12.8 Å². The molecule has 1 unspecified atom stereocenters. The average molecular weight is 261 g/mol. The smallest absolute Gasteiger partial charge is 0.411 e. The van der Waals surface area contributed by atoms with Crippen LogP contribution in [0.3, 0.4) is 0 Å². The molecule has 1 aromatic rings. The maximum atomic E-state index is 11.9. The van der Waals surface area contributed by atoms with Gasteiger partial charge in [-0.2, -0.15) is 13.2 Å². The number of alkyl halides is 3. The number of benzene rings is 1. The highest BCUT2D eigenvalue weighted by molar-refractivity contribution is 5.39. The highest BCUT2D eigenvalue weighted by Gasteiger charge is 2.27. The molecule has 18 heavy (non-hydrogen) atoms. The van der Waals surface area contributed by atoms with Gasteiger partial charge in [0.2, 0.25) is 0 Å². The quantitative estimate of drug-likeness (QED) is 0.905.